The third-order valence-corrected chi connectivity index (χ3v) is 16.4. The molecule has 5 atom stereocenters. The maximum Gasteiger partial charge on any atom is 2.00 e. The van der Waals surface area contributed by atoms with Crippen molar-refractivity contribution >= 4 is 0 Å². The average molecular weight is 813 g/mol. The van der Waals surface area contributed by atoms with Crippen molar-refractivity contribution in [1.29, 1.82) is 0 Å². The molecule has 2 aromatic carbocycles. The van der Waals surface area contributed by atoms with Gasteiger partial charge in [-0.05, 0) is 167 Å². The molecule has 0 heterocycles. The molecular weight excluding hydrogens is 751 g/mol. The van der Waals surface area contributed by atoms with E-state index in [1.807, 2.05) is 16.7 Å². The van der Waals surface area contributed by atoms with E-state index < -0.39 is 0 Å². The molecule has 5 unspecified atom stereocenters. The molecule has 52 heavy (non-hydrogen) atoms. The van der Waals surface area contributed by atoms with Crippen molar-refractivity contribution in [3.8, 4) is 11.1 Å². The first-order chi connectivity index (χ1) is 23.2. The molecule has 0 amide bonds. The van der Waals surface area contributed by atoms with Gasteiger partial charge in [0.2, 0.25) is 0 Å². The molecule has 0 spiro atoms. The molecule has 6 bridgehead atoms. The van der Waals surface area contributed by atoms with Gasteiger partial charge in [-0.15, -0.1) is 0 Å². The predicted octanol–water partition coefficient (Wildman–Crippen LogP) is 7.12. The van der Waals surface area contributed by atoms with Crippen molar-refractivity contribution in [2.75, 3.05) is 0 Å². The molecule has 0 radical (unpaired) electrons. The van der Waals surface area contributed by atoms with Gasteiger partial charge in [0.1, 0.15) is 0 Å². The van der Waals surface area contributed by atoms with Gasteiger partial charge in [-0.3, -0.25) is 0 Å². The quantitative estimate of drug-likeness (QED) is 0.289. The number of hydrogen-bond acceptors (Lipinski definition) is 0. The van der Waals surface area contributed by atoms with Crippen LogP contribution in [0.2, 0.25) is 0 Å². The predicted molar refractivity (Wildman–Crippen MR) is 206 cm³/mol. The summed E-state index contributed by atoms with van der Waals surface area (Å²) in [5.74, 6) is 7.22. The van der Waals surface area contributed by atoms with Gasteiger partial charge in [-0.1, -0.05) is 121 Å². The molecule has 0 N–H and O–H groups in total. The molecule has 0 aliphatic heterocycles. The Kier molecular flexibility index (Phi) is 9.91. The topological polar surface area (TPSA) is 0 Å². The van der Waals surface area contributed by atoms with Gasteiger partial charge < -0.3 is 24.8 Å². The first-order valence-corrected chi connectivity index (χ1v) is 20.7. The van der Waals surface area contributed by atoms with Crippen LogP contribution in [0.15, 0.2) is 71.3 Å². The minimum Gasteiger partial charge on any atom is -1.00 e. The first-order valence-electron chi connectivity index (χ1n) is 20.7. The van der Waals surface area contributed by atoms with Gasteiger partial charge in [0.05, 0.1) is 0 Å². The number of benzene rings is 2. The van der Waals surface area contributed by atoms with Gasteiger partial charge in [0, 0.05) is 11.3 Å². The van der Waals surface area contributed by atoms with Crippen LogP contribution in [-0.4, -0.2) is 0 Å². The summed E-state index contributed by atoms with van der Waals surface area (Å²) in [4.78, 5) is 0. The molecule has 5 fully saturated rings. The second-order valence-electron chi connectivity index (χ2n) is 21.5. The fourth-order valence-corrected chi connectivity index (χ4v) is 14.4. The van der Waals surface area contributed by atoms with Crippen molar-refractivity contribution < 1.29 is 51.0 Å². The van der Waals surface area contributed by atoms with Crippen molar-refractivity contribution in [3.05, 3.63) is 93.6 Å². The van der Waals surface area contributed by atoms with Crippen LogP contribution < -0.4 is 24.8 Å². The van der Waals surface area contributed by atoms with E-state index >= 15 is 0 Å². The van der Waals surface area contributed by atoms with Gasteiger partial charge in [0.15, 0.2) is 0 Å². The van der Waals surface area contributed by atoms with Crippen molar-refractivity contribution in [2.24, 2.45) is 58.2 Å². The summed E-state index contributed by atoms with van der Waals surface area (Å²) >= 11 is 0. The Morgan fingerprint density at radius 2 is 1.21 bits per heavy atom. The van der Waals surface area contributed by atoms with E-state index in [9.17, 15) is 0 Å². The van der Waals surface area contributed by atoms with E-state index in [2.05, 4.69) is 110 Å². The molecule has 2 aromatic rings. The third-order valence-electron chi connectivity index (χ3n) is 16.4. The first kappa shape index (κ1) is 39.4. The van der Waals surface area contributed by atoms with Gasteiger partial charge >= 0.3 is 26.2 Å². The summed E-state index contributed by atoms with van der Waals surface area (Å²) in [6.45, 7) is 19.7. The molecule has 11 rings (SSSR count). The van der Waals surface area contributed by atoms with Gasteiger partial charge in [0.25, 0.3) is 0 Å². The zero-order valence-corrected chi connectivity index (χ0v) is 37.2. The van der Waals surface area contributed by atoms with Crippen LogP contribution in [0.1, 0.15) is 148 Å². The normalized spacial score (nSPS) is 36.4. The monoisotopic (exact) mass is 810 g/mol. The summed E-state index contributed by atoms with van der Waals surface area (Å²) in [5.41, 5.74) is 15.9. The molecule has 9 aliphatic carbocycles. The Morgan fingerprint density at radius 1 is 0.673 bits per heavy atom. The molecular formula is C49H62Cl2Zr. The summed E-state index contributed by atoms with van der Waals surface area (Å²) in [6.07, 6.45) is 22.8. The third kappa shape index (κ3) is 5.63. The summed E-state index contributed by atoms with van der Waals surface area (Å²) < 4.78 is 0. The van der Waals surface area contributed by atoms with E-state index in [4.69, 9.17) is 0 Å². The van der Waals surface area contributed by atoms with E-state index in [1.54, 1.807) is 11.1 Å². The second kappa shape index (κ2) is 13.1. The van der Waals surface area contributed by atoms with Crippen molar-refractivity contribution in [1.82, 2.24) is 0 Å². The van der Waals surface area contributed by atoms with E-state index in [0.717, 1.165) is 41.4 Å². The standard InChI is InChI=1S/C49H62.2ClH.Zr/c1-28(2)49(45-41-20-34(46(3,4)5)11-13-37(41)38-14-12-35(21-42(38)45)47(6,7)8)27-43(39-19-29-9-10-33(39)18-29)40-22-36(23-44(40)49)48-24-30-15-31(25-48)17-32(16-30)26-48;;;/h9-14,20-21,23,28-33,39,43,45H,15-19,22,24-27H2,1-8H3;2*1H;/q;;;+2/p-2. The molecule has 5 saturated carbocycles. The van der Waals surface area contributed by atoms with Gasteiger partial charge in [-0.2, -0.15) is 0 Å². The fourth-order valence-electron chi connectivity index (χ4n) is 14.4. The fraction of sp³-hybridized carbons (Fsp3) is 0.633. The number of allylic oxidation sites excluding steroid dienone is 6. The molecule has 0 nitrogen and oxygen atoms in total. The van der Waals surface area contributed by atoms with Crippen LogP contribution >= 0.6 is 0 Å². The minimum absolute atomic E-state index is 0. The molecule has 3 heteroatoms. The minimum atomic E-state index is 0. The van der Waals surface area contributed by atoms with Crippen LogP contribution in [0.3, 0.4) is 0 Å². The Bertz CT molecular complexity index is 1740. The Hall–Kier alpha value is -0.877. The van der Waals surface area contributed by atoms with Crippen molar-refractivity contribution in [2.45, 2.75) is 136 Å². The largest absolute Gasteiger partial charge is 2.00 e. The Morgan fingerprint density at radius 3 is 1.65 bits per heavy atom. The number of halogens is 2. The summed E-state index contributed by atoms with van der Waals surface area (Å²) in [7, 11) is 0. The average Bonchev–Trinajstić information content (AvgIpc) is 3.85. The summed E-state index contributed by atoms with van der Waals surface area (Å²) in [6, 6.07) is 15.3. The molecule has 276 valence electrons. The Balaban J connectivity index is 0.00000140. The van der Waals surface area contributed by atoms with Crippen LogP contribution in [0.5, 0.6) is 0 Å². The van der Waals surface area contributed by atoms with Crippen LogP contribution in [-0.2, 0) is 37.0 Å². The SMILES string of the molecule is CC(C)C1(C2c3cc(C(C)(C)C)ccc3-c3ccc(C(C)(C)C)cc32)CC(C2CC3C=CC2C3)C2=C1C=C(C13CC4CC(CC(C4)C1)C3)C2.[Cl-].[Cl-].[Zr+2]. The molecule has 0 saturated heterocycles. The van der Waals surface area contributed by atoms with E-state index in [1.165, 1.54) is 86.5 Å². The van der Waals surface area contributed by atoms with Crippen LogP contribution in [0, 0.1) is 58.2 Å². The zero-order valence-electron chi connectivity index (χ0n) is 33.2. The van der Waals surface area contributed by atoms with Gasteiger partial charge in [-0.25, -0.2) is 0 Å². The van der Waals surface area contributed by atoms with Crippen LogP contribution in [0.4, 0.5) is 0 Å². The van der Waals surface area contributed by atoms with Crippen LogP contribution in [0.25, 0.3) is 11.1 Å². The maximum absolute atomic E-state index is 2.96. The maximum atomic E-state index is 2.96. The number of hydrogen-bond donors (Lipinski definition) is 0. The second-order valence-corrected chi connectivity index (χ2v) is 21.5. The van der Waals surface area contributed by atoms with E-state index in [-0.39, 0.29) is 67.3 Å². The number of rotatable bonds is 4. The number of fused-ring (bicyclic) bond motifs is 5. The smallest absolute Gasteiger partial charge is 1.00 e. The molecule has 9 aliphatic rings. The van der Waals surface area contributed by atoms with Crippen molar-refractivity contribution in [3.63, 3.8) is 0 Å². The Labute approximate surface area is 347 Å². The van der Waals surface area contributed by atoms with E-state index in [0.29, 0.717) is 17.3 Å². The molecule has 0 aromatic heterocycles. The summed E-state index contributed by atoms with van der Waals surface area (Å²) in [5, 5.41) is 0. The zero-order chi connectivity index (χ0) is 33.8.